The van der Waals surface area contributed by atoms with Crippen LogP contribution >= 0.6 is 0 Å². The molecule has 1 amide bonds. The molecule has 2 fully saturated rings. The van der Waals surface area contributed by atoms with Crippen LogP contribution in [0.15, 0.2) is 18.2 Å². The molecule has 0 aliphatic heterocycles. The smallest absolute Gasteiger partial charge is 0.256 e. The molecule has 24 heavy (non-hydrogen) atoms. The number of aryl methyl sites for hydroxylation is 1. The van der Waals surface area contributed by atoms with E-state index in [0.717, 1.165) is 42.7 Å². The molecular weight excluding hydrogens is 302 g/mol. The largest absolute Gasteiger partial charge is 0.490 e. The topological polar surface area (TPSA) is 47.6 Å². The Bertz CT molecular complexity index is 591. The Hall–Kier alpha value is -1.55. The Morgan fingerprint density at radius 2 is 1.96 bits per heavy atom. The van der Waals surface area contributed by atoms with Gasteiger partial charge in [0.2, 0.25) is 0 Å². The minimum absolute atomic E-state index is 0.0456. The first kappa shape index (κ1) is 17.3. The molecule has 1 aromatic rings. The summed E-state index contributed by atoms with van der Waals surface area (Å²) in [5, 5.41) is 3.03. The summed E-state index contributed by atoms with van der Waals surface area (Å²) >= 11 is 0. The first-order chi connectivity index (χ1) is 11.5. The fourth-order valence-corrected chi connectivity index (χ4v) is 3.60. The van der Waals surface area contributed by atoms with Gasteiger partial charge in [0.05, 0.1) is 6.10 Å². The van der Waals surface area contributed by atoms with Gasteiger partial charge >= 0.3 is 0 Å². The number of hydrogen-bond donors (Lipinski definition) is 1. The molecule has 3 rings (SSSR count). The first-order valence-electron chi connectivity index (χ1n) is 9.25. The number of anilines is 1. The molecule has 0 radical (unpaired) electrons. The average molecular weight is 331 g/mol. The van der Waals surface area contributed by atoms with E-state index in [-0.39, 0.29) is 5.91 Å². The molecule has 2 aliphatic carbocycles. The minimum atomic E-state index is -0.721. The molecule has 0 saturated heterocycles. The van der Waals surface area contributed by atoms with Gasteiger partial charge in [-0.2, -0.15) is 0 Å². The molecule has 0 aromatic heterocycles. The van der Waals surface area contributed by atoms with Crippen LogP contribution in [0, 0.1) is 12.8 Å². The van der Waals surface area contributed by atoms with Gasteiger partial charge in [-0.25, -0.2) is 0 Å². The third-order valence-corrected chi connectivity index (χ3v) is 5.28. The third kappa shape index (κ3) is 3.75. The van der Waals surface area contributed by atoms with E-state index >= 15 is 0 Å². The van der Waals surface area contributed by atoms with Crippen LogP contribution in [0.2, 0.25) is 0 Å². The van der Waals surface area contributed by atoms with Crippen LogP contribution in [0.25, 0.3) is 0 Å². The first-order valence-corrected chi connectivity index (χ1v) is 9.25. The Morgan fingerprint density at radius 3 is 2.54 bits per heavy atom. The van der Waals surface area contributed by atoms with Gasteiger partial charge in [0.25, 0.3) is 5.91 Å². The second-order valence-electron chi connectivity index (χ2n) is 7.27. The summed E-state index contributed by atoms with van der Waals surface area (Å²) < 4.78 is 11.9. The van der Waals surface area contributed by atoms with Gasteiger partial charge in [-0.15, -0.1) is 0 Å². The predicted octanol–water partition coefficient (Wildman–Crippen LogP) is 4.46. The summed E-state index contributed by atoms with van der Waals surface area (Å²) in [4.78, 5) is 12.7. The number of ether oxygens (including phenoxy) is 2. The van der Waals surface area contributed by atoms with Crippen LogP contribution in [-0.2, 0) is 9.53 Å². The maximum atomic E-state index is 12.7. The van der Waals surface area contributed by atoms with Gasteiger partial charge in [-0.05, 0) is 89.0 Å². The van der Waals surface area contributed by atoms with Gasteiger partial charge in [-0.1, -0.05) is 0 Å². The van der Waals surface area contributed by atoms with Crippen molar-refractivity contribution in [2.45, 2.75) is 71.0 Å². The maximum Gasteiger partial charge on any atom is 0.256 e. The van der Waals surface area contributed by atoms with E-state index in [9.17, 15) is 4.79 Å². The highest BCUT2D eigenvalue weighted by Crippen LogP contribution is 2.42. The van der Waals surface area contributed by atoms with Gasteiger partial charge < -0.3 is 14.8 Å². The molecule has 4 nitrogen and oxygen atoms in total. The molecule has 1 unspecified atom stereocenters. The van der Waals surface area contributed by atoms with Gasteiger partial charge in [0, 0.05) is 12.3 Å². The lowest BCUT2D eigenvalue weighted by Crippen LogP contribution is -2.44. The normalized spacial score (nSPS) is 20.6. The lowest BCUT2D eigenvalue weighted by Gasteiger charge is -2.28. The minimum Gasteiger partial charge on any atom is -0.490 e. The number of hydrogen-bond acceptors (Lipinski definition) is 3. The summed E-state index contributed by atoms with van der Waals surface area (Å²) in [5.74, 6) is 1.22. The van der Waals surface area contributed by atoms with Crippen molar-refractivity contribution in [3.05, 3.63) is 23.8 Å². The van der Waals surface area contributed by atoms with Gasteiger partial charge in [-0.3, -0.25) is 4.79 Å². The van der Waals surface area contributed by atoms with Gasteiger partial charge in [0.1, 0.15) is 11.4 Å². The molecule has 1 aromatic carbocycles. The van der Waals surface area contributed by atoms with E-state index in [1.165, 1.54) is 12.8 Å². The van der Waals surface area contributed by atoms with E-state index in [4.69, 9.17) is 9.47 Å². The van der Waals surface area contributed by atoms with E-state index in [2.05, 4.69) is 5.32 Å². The van der Waals surface area contributed by atoms with Crippen molar-refractivity contribution in [2.24, 2.45) is 5.92 Å². The van der Waals surface area contributed by atoms with Crippen LogP contribution < -0.4 is 10.1 Å². The standard InChI is InChI=1S/C20H29NO3/c1-4-23-20(3,15-9-10-15)19(22)21-16-11-12-18(14(2)13-16)24-17-7-5-6-8-17/h11-13,15,17H,4-10H2,1-3H3,(H,21,22). The number of amides is 1. The molecule has 2 saturated carbocycles. The van der Waals surface area contributed by atoms with Crippen molar-refractivity contribution in [2.75, 3.05) is 11.9 Å². The Kier molecular flexibility index (Phi) is 5.14. The zero-order chi connectivity index (χ0) is 17.2. The number of rotatable bonds is 7. The predicted molar refractivity (Wildman–Crippen MR) is 95.4 cm³/mol. The summed E-state index contributed by atoms with van der Waals surface area (Å²) in [6.45, 7) is 6.43. The quantitative estimate of drug-likeness (QED) is 0.802. The van der Waals surface area contributed by atoms with Crippen LogP contribution in [0.5, 0.6) is 5.75 Å². The van der Waals surface area contributed by atoms with Crippen molar-refractivity contribution in [1.82, 2.24) is 0 Å². The van der Waals surface area contributed by atoms with Gasteiger partial charge in [0.15, 0.2) is 0 Å². The molecule has 132 valence electrons. The summed E-state index contributed by atoms with van der Waals surface area (Å²) in [5.41, 5.74) is 1.15. The fraction of sp³-hybridized carbons (Fsp3) is 0.650. The van der Waals surface area contributed by atoms with E-state index in [0.29, 0.717) is 18.6 Å². The molecule has 0 bridgehead atoms. The SMILES string of the molecule is CCOC(C)(C(=O)Nc1ccc(OC2CCCC2)c(C)c1)C1CC1. The highest BCUT2D eigenvalue weighted by molar-refractivity contribution is 5.97. The van der Waals surface area contributed by atoms with Crippen molar-refractivity contribution >= 4 is 11.6 Å². The molecule has 0 spiro atoms. The Labute approximate surface area is 144 Å². The number of carbonyl (C=O) groups excluding carboxylic acids is 1. The lowest BCUT2D eigenvalue weighted by atomic mass is 9.98. The summed E-state index contributed by atoms with van der Waals surface area (Å²) in [7, 11) is 0. The summed E-state index contributed by atoms with van der Waals surface area (Å²) in [6, 6.07) is 5.88. The van der Waals surface area contributed by atoms with Crippen molar-refractivity contribution in [3.8, 4) is 5.75 Å². The second kappa shape index (κ2) is 7.14. The Morgan fingerprint density at radius 1 is 1.25 bits per heavy atom. The highest BCUT2D eigenvalue weighted by atomic mass is 16.5. The van der Waals surface area contributed by atoms with Crippen LogP contribution in [-0.4, -0.2) is 24.2 Å². The average Bonchev–Trinajstić information content (AvgIpc) is 3.29. The van der Waals surface area contributed by atoms with Crippen molar-refractivity contribution in [3.63, 3.8) is 0 Å². The summed E-state index contributed by atoms with van der Waals surface area (Å²) in [6.07, 6.45) is 7.29. The monoisotopic (exact) mass is 331 g/mol. The molecule has 4 heteroatoms. The maximum absolute atomic E-state index is 12.7. The van der Waals surface area contributed by atoms with Crippen molar-refractivity contribution in [1.29, 1.82) is 0 Å². The zero-order valence-corrected chi connectivity index (χ0v) is 15.1. The lowest BCUT2D eigenvalue weighted by molar-refractivity contribution is -0.141. The Balaban J connectivity index is 1.66. The third-order valence-electron chi connectivity index (χ3n) is 5.28. The molecule has 1 atom stereocenters. The zero-order valence-electron chi connectivity index (χ0n) is 15.1. The van der Waals surface area contributed by atoms with Crippen LogP contribution in [0.1, 0.15) is 57.9 Å². The van der Waals surface area contributed by atoms with Crippen LogP contribution in [0.4, 0.5) is 5.69 Å². The van der Waals surface area contributed by atoms with Crippen molar-refractivity contribution < 1.29 is 14.3 Å². The number of carbonyl (C=O) groups is 1. The van der Waals surface area contributed by atoms with E-state index < -0.39 is 5.60 Å². The van der Waals surface area contributed by atoms with Crippen LogP contribution in [0.3, 0.4) is 0 Å². The highest BCUT2D eigenvalue weighted by Gasteiger charge is 2.48. The van der Waals surface area contributed by atoms with E-state index in [1.54, 1.807) is 0 Å². The fourth-order valence-electron chi connectivity index (χ4n) is 3.60. The molecule has 2 aliphatic rings. The number of benzene rings is 1. The second-order valence-corrected chi connectivity index (χ2v) is 7.27. The van der Waals surface area contributed by atoms with E-state index in [1.807, 2.05) is 39.0 Å². The number of nitrogens with one attached hydrogen (secondary N) is 1. The molecule has 1 N–H and O–H groups in total. The molecule has 0 heterocycles. The molecular formula is C20H29NO3.